The molecule has 154 valence electrons. The first-order valence-electron chi connectivity index (χ1n) is 10.5. The van der Waals surface area contributed by atoms with Crippen molar-refractivity contribution in [1.82, 2.24) is 19.2 Å². The van der Waals surface area contributed by atoms with Gasteiger partial charge in [0.1, 0.15) is 0 Å². The number of aryl methyl sites for hydroxylation is 1. The van der Waals surface area contributed by atoms with E-state index in [1.165, 1.54) is 5.56 Å². The molecule has 2 bridgehead atoms. The van der Waals surface area contributed by atoms with Gasteiger partial charge in [0.05, 0.1) is 12.2 Å². The van der Waals surface area contributed by atoms with Gasteiger partial charge in [0.15, 0.2) is 0 Å². The van der Waals surface area contributed by atoms with Gasteiger partial charge in [0.25, 0.3) is 5.56 Å². The van der Waals surface area contributed by atoms with Crippen molar-refractivity contribution < 1.29 is 4.79 Å². The van der Waals surface area contributed by atoms with Crippen molar-refractivity contribution in [2.75, 3.05) is 13.1 Å². The van der Waals surface area contributed by atoms with Gasteiger partial charge in [-0.15, -0.1) is 0 Å². The van der Waals surface area contributed by atoms with Crippen LogP contribution in [0.25, 0.3) is 0 Å². The van der Waals surface area contributed by atoms with Crippen molar-refractivity contribution in [3.63, 3.8) is 0 Å². The molecule has 2 aliphatic rings. The first-order valence-corrected chi connectivity index (χ1v) is 10.5. The molecule has 6 heteroatoms. The van der Waals surface area contributed by atoms with Gasteiger partial charge in [0.2, 0.25) is 5.91 Å². The number of likely N-dealkylation sites (tertiary alicyclic amines) is 1. The molecule has 0 aliphatic carbocycles. The van der Waals surface area contributed by atoms with Crippen LogP contribution in [0.3, 0.4) is 0 Å². The number of aromatic nitrogens is 3. The van der Waals surface area contributed by atoms with E-state index in [9.17, 15) is 9.59 Å². The number of piperidine rings is 1. The van der Waals surface area contributed by atoms with Gasteiger partial charge in [-0.25, -0.2) is 0 Å². The Morgan fingerprint density at radius 3 is 2.79 bits per heavy atom. The third kappa shape index (κ3) is 3.80. The van der Waals surface area contributed by atoms with Crippen LogP contribution >= 0.6 is 0 Å². The maximum Gasteiger partial charge on any atom is 0.250 e. The van der Waals surface area contributed by atoms with E-state index in [0.717, 1.165) is 48.7 Å². The Balaban J connectivity index is 1.44. The molecule has 2 aromatic rings. The minimum absolute atomic E-state index is 0.0784. The molecular formula is C23H30N4O2. The molecule has 4 heterocycles. The number of hydrogen-bond donors (Lipinski definition) is 0. The average Bonchev–Trinajstić information content (AvgIpc) is 2.93. The largest absolute Gasteiger partial charge is 0.342 e. The summed E-state index contributed by atoms with van der Waals surface area (Å²) in [5.41, 5.74) is 5.53. The lowest BCUT2D eigenvalue weighted by Gasteiger charge is -2.42. The summed E-state index contributed by atoms with van der Waals surface area (Å²) in [5, 5.41) is 4.62. The summed E-state index contributed by atoms with van der Waals surface area (Å²) >= 11 is 0. The standard InChI is InChI=1S/C23H30N4O2/c1-15(2)11-27-17(4)20(16(3)24-27)8-9-22(28)25-12-18-10-19(14-25)21-6-5-7-23(29)26(21)13-18/h5-7,18-19H,1,8-14H2,2-4H3/t18-,19+/m0/s1. The fourth-order valence-electron chi connectivity index (χ4n) is 5.00. The third-order valence-corrected chi connectivity index (χ3v) is 6.37. The molecule has 1 amide bonds. The molecule has 1 saturated heterocycles. The predicted octanol–water partition coefficient (Wildman–Crippen LogP) is 2.82. The Kier molecular flexibility index (Phi) is 5.19. The molecule has 0 spiro atoms. The summed E-state index contributed by atoms with van der Waals surface area (Å²) in [4.78, 5) is 27.2. The van der Waals surface area contributed by atoms with Crippen molar-refractivity contribution in [1.29, 1.82) is 0 Å². The second kappa shape index (κ2) is 7.65. The molecule has 2 aromatic heterocycles. The van der Waals surface area contributed by atoms with Crippen molar-refractivity contribution in [2.45, 2.75) is 59.0 Å². The highest BCUT2D eigenvalue weighted by molar-refractivity contribution is 5.76. The van der Waals surface area contributed by atoms with Gasteiger partial charge in [-0.2, -0.15) is 5.10 Å². The molecule has 2 aliphatic heterocycles. The average molecular weight is 395 g/mol. The molecule has 1 fully saturated rings. The number of pyridine rings is 1. The van der Waals surface area contributed by atoms with Crippen LogP contribution in [-0.4, -0.2) is 38.2 Å². The first kappa shape index (κ1) is 19.7. The van der Waals surface area contributed by atoms with Crippen LogP contribution in [0, 0.1) is 19.8 Å². The number of carbonyl (C=O) groups is 1. The Labute approximate surface area is 171 Å². The Morgan fingerprint density at radius 1 is 1.24 bits per heavy atom. The smallest absolute Gasteiger partial charge is 0.250 e. The molecule has 0 saturated carbocycles. The predicted molar refractivity (Wildman–Crippen MR) is 113 cm³/mol. The molecular weight excluding hydrogens is 364 g/mol. The Hall–Kier alpha value is -2.63. The number of rotatable bonds is 5. The van der Waals surface area contributed by atoms with Crippen LogP contribution < -0.4 is 5.56 Å². The van der Waals surface area contributed by atoms with E-state index < -0.39 is 0 Å². The highest BCUT2D eigenvalue weighted by Crippen LogP contribution is 2.35. The highest BCUT2D eigenvalue weighted by Gasteiger charge is 2.36. The quantitative estimate of drug-likeness (QED) is 0.733. The fraction of sp³-hybridized carbons (Fsp3) is 0.522. The maximum absolute atomic E-state index is 13.0. The summed E-state index contributed by atoms with van der Waals surface area (Å²) < 4.78 is 3.89. The SMILES string of the molecule is C=C(C)Cn1nc(C)c(CCC(=O)N2C[C@@H]3C[C@H](C2)c2cccc(=O)n2C3)c1C. The number of fused-ring (bicyclic) bond motifs is 4. The lowest BCUT2D eigenvalue weighted by Crippen LogP contribution is -2.49. The Bertz CT molecular complexity index is 1020. The van der Waals surface area contributed by atoms with Gasteiger partial charge < -0.3 is 9.47 Å². The zero-order valence-corrected chi connectivity index (χ0v) is 17.6. The van der Waals surface area contributed by atoms with Crippen molar-refractivity contribution in [3.05, 3.63) is 63.4 Å². The van der Waals surface area contributed by atoms with Crippen molar-refractivity contribution in [3.8, 4) is 0 Å². The highest BCUT2D eigenvalue weighted by atomic mass is 16.2. The van der Waals surface area contributed by atoms with E-state index in [-0.39, 0.29) is 17.4 Å². The second-order valence-electron chi connectivity index (χ2n) is 8.76. The van der Waals surface area contributed by atoms with E-state index in [2.05, 4.69) is 18.6 Å². The minimum Gasteiger partial charge on any atom is -0.342 e. The summed E-state index contributed by atoms with van der Waals surface area (Å²) in [6.07, 6.45) is 2.29. The number of amides is 1. The zero-order valence-electron chi connectivity index (χ0n) is 17.6. The number of allylic oxidation sites excluding steroid dienone is 1. The summed E-state index contributed by atoms with van der Waals surface area (Å²) in [5.74, 6) is 0.840. The van der Waals surface area contributed by atoms with Crippen LogP contribution in [0.2, 0.25) is 0 Å². The van der Waals surface area contributed by atoms with E-state index >= 15 is 0 Å². The molecule has 0 aromatic carbocycles. The monoisotopic (exact) mass is 394 g/mol. The van der Waals surface area contributed by atoms with Crippen LogP contribution in [0.15, 0.2) is 35.1 Å². The summed E-state index contributed by atoms with van der Waals surface area (Å²) in [6, 6.07) is 5.51. The number of hydrogen-bond acceptors (Lipinski definition) is 3. The minimum atomic E-state index is 0.0784. The van der Waals surface area contributed by atoms with Gasteiger partial charge in [-0.3, -0.25) is 14.3 Å². The van der Waals surface area contributed by atoms with Crippen LogP contribution in [0.1, 0.15) is 48.3 Å². The second-order valence-corrected chi connectivity index (χ2v) is 8.76. The van der Waals surface area contributed by atoms with E-state index in [0.29, 0.717) is 25.3 Å². The lowest BCUT2D eigenvalue weighted by molar-refractivity contribution is -0.133. The molecule has 0 unspecified atom stereocenters. The molecule has 6 nitrogen and oxygen atoms in total. The molecule has 4 rings (SSSR count). The molecule has 2 atom stereocenters. The summed E-state index contributed by atoms with van der Waals surface area (Å²) in [7, 11) is 0. The van der Waals surface area contributed by atoms with Crippen molar-refractivity contribution in [2.24, 2.45) is 5.92 Å². The van der Waals surface area contributed by atoms with E-state index in [4.69, 9.17) is 0 Å². The van der Waals surface area contributed by atoms with E-state index in [1.54, 1.807) is 6.07 Å². The van der Waals surface area contributed by atoms with Crippen LogP contribution in [0.4, 0.5) is 0 Å². The van der Waals surface area contributed by atoms with Crippen LogP contribution in [0.5, 0.6) is 0 Å². The topological polar surface area (TPSA) is 60.1 Å². The molecule has 0 N–H and O–H groups in total. The third-order valence-electron chi connectivity index (χ3n) is 6.37. The summed E-state index contributed by atoms with van der Waals surface area (Å²) in [6.45, 7) is 13.0. The first-order chi connectivity index (χ1) is 13.8. The zero-order chi connectivity index (χ0) is 20.7. The fourth-order valence-corrected chi connectivity index (χ4v) is 5.00. The molecule has 0 radical (unpaired) electrons. The van der Waals surface area contributed by atoms with Crippen LogP contribution in [-0.2, 0) is 24.3 Å². The van der Waals surface area contributed by atoms with Gasteiger partial charge in [-0.05, 0) is 51.2 Å². The Morgan fingerprint density at radius 2 is 2.03 bits per heavy atom. The van der Waals surface area contributed by atoms with E-state index in [1.807, 2.05) is 40.1 Å². The van der Waals surface area contributed by atoms with Gasteiger partial charge in [0, 0.05) is 49.4 Å². The maximum atomic E-state index is 13.0. The number of carbonyl (C=O) groups excluding carboxylic acids is 1. The lowest BCUT2D eigenvalue weighted by atomic mass is 9.83. The number of nitrogens with zero attached hydrogens (tertiary/aromatic N) is 4. The molecule has 29 heavy (non-hydrogen) atoms. The van der Waals surface area contributed by atoms with Gasteiger partial charge >= 0.3 is 0 Å². The van der Waals surface area contributed by atoms with Crippen molar-refractivity contribution >= 4 is 5.91 Å². The normalized spacial score (nSPS) is 20.4. The van der Waals surface area contributed by atoms with Gasteiger partial charge in [-0.1, -0.05) is 18.2 Å².